The van der Waals surface area contributed by atoms with Crippen LogP contribution in [0.5, 0.6) is 0 Å². The molecule has 0 spiro atoms. The first kappa shape index (κ1) is 15.7. The van der Waals surface area contributed by atoms with E-state index in [9.17, 15) is 0 Å². The first-order chi connectivity index (χ1) is 11.2. The maximum atomic E-state index is 5.42. The minimum Gasteiger partial charge on any atom is -0.338 e. The molecule has 0 saturated carbocycles. The SMILES string of the molecule is CCCn1c(C)nnc1SC(c1ccccc1)c1nc(C)no1. The Morgan fingerprint density at radius 1 is 1.17 bits per heavy atom. The maximum absolute atomic E-state index is 5.42. The van der Waals surface area contributed by atoms with Crippen molar-refractivity contribution in [2.45, 2.75) is 44.1 Å². The Morgan fingerprint density at radius 3 is 2.61 bits per heavy atom. The molecular formula is C16H19N5OS. The number of benzene rings is 1. The second kappa shape index (κ2) is 6.95. The molecule has 6 nitrogen and oxygen atoms in total. The van der Waals surface area contributed by atoms with E-state index in [1.54, 1.807) is 11.8 Å². The average molecular weight is 329 g/mol. The van der Waals surface area contributed by atoms with Crippen LogP contribution >= 0.6 is 11.8 Å². The van der Waals surface area contributed by atoms with Crippen molar-refractivity contribution < 1.29 is 4.52 Å². The molecule has 0 aliphatic heterocycles. The molecule has 7 heteroatoms. The van der Waals surface area contributed by atoms with Gasteiger partial charge in [-0.1, -0.05) is 54.2 Å². The molecule has 0 saturated heterocycles. The summed E-state index contributed by atoms with van der Waals surface area (Å²) in [5.41, 5.74) is 1.10. The first-order valence-corrected chi connectivity index (χ1v) is 8.48. The summed E-state index contributed by atoms with van der Waals surface area (Å²) in [6.45, 7) is 6.83. The van der Waals surface area contributed by atoms with Crippen LogP contribution in [0.15, 0.2) is 40.0 Å². The lowest BCUT2D eigenvalue weighted by Gasteiger charge is -2.13. The van der Waals surface area contributed by atoms with Crippen LogP contribution in [0.4, 0.5) is 0 Å². The second-order valence-corrected chi connectivity index (χ2v) is 6.34. The Bertz CT molecular complexity index is 768. The molecule has 0 amide bonds. The Morgan fingerprint density at radius 2 is 1.96 bits per heavy atom. The largest absolute Gasteiger partial charge is 0.338 e. The smallest absolute Gasteiger partial charge is 0.244 e. The molecule has 3 rings (SSSR count). The molecule has 23 heavy (non-hydrogen) atoms. The minimum absolute atomic E-state index is 0.100. The number of aryl methyl sites for hydroxylation is 2. The fourth-order valence-electron chi connectivity index (χ4n) is 2.34. The third kappa shape index (κ3) is 3.44. The number of rotatable bonds is 6. The number of hydrogen-bond donors (Lipinski definition) is 0. The van der Waals surface area contributed by atoms with Gasteiger partial charge in [-0.25, -0.2) is 0 Å². The summed E-state index contributed by atoms with van der Waals surface area (Å²) in [7, 11) is 0. The van der Waals surface area contributed by atoms with Gasteiger partial charge in [-0.05, 0) is 25.8 Å². The number of aromatic nitrogens is 5. The lowest BCUT2D eigenvalue weighted by Crippen LogP contribution is -2.04. The molecule has 0 radical (unpaired) electrons. The van der Waals surface area contributed by atoms with Crippen LogP contribution in [-0.2, 0) is 6.54 Å². The summed E-state index contributed by atoms with van der Waals surface area (Å²) >= 11 is 1.59. The van der Waals surface area contributed by atoms with Gasteiger partial charge in [0.15, 0.2) is 11.0 Å². The number of nitrogens with zero attached hydrogens (tertiary/aromatic N) is 5. The molecule has 1 unspecified atom stereocenters. The van der Waals surface area contributed by atoms with Crippen molar-refractivity contribution in [1.82, 2.24) is 24.9 Å². The van der Waals surface area contributed by atoms with Crippen LogP contribution in [0.3, 0.4) is 0 Å². The molecule has 0 bridgehead atoms. The van der Waals surface area contributed by atoms with Gasteiger partial charge in [-0.2, -0.15) is 4.98 Å². The molecule has 0 fully saturated rings. The van der Waals surface area contributed by atoms with Gasteiger partial charge < -0.3 is 9.09 Å². The van der Waals surface area contributed by atoms with E-state index in [4.69, 9.17) is 4.52 Å². The van der Waals surface area contributed by atoms with Gasteiger partial charge in [-0.3, -0.25) is 0 Å². The summed E-state index contributed by atoms with van der Waals surface area (Å²) in [6, 6.07) is 10.1. The molecule has 0 aliphatic rings. The Labute approximate surface area is 139 Å². The molecule has 3 aromatic rings. The van der Waals surface area contributed by atoms with E-state index in [1.165, 1.54) is 0 Å². The standard InChI is InChI=1S/C16H19N5OS/c1-4-10-21-12(3)18-19-16(21)23-14(13-8-6-5-7-9-13)15-17-11(2)20-22-15/h5-9,14H,4,10H2,1-3H3. The van der Waals surface area contributed by atoms with E-state index < -0.39 is 0 Å². The average Bonchev–Trinajstić information content (AvgIpc) is 3.14. The van der Waals surface area contributed by atoms with Crippen molar-refractivity contribution >= 4 is 11.8 Å². The minimum atomic E-state index is -0.100. The van der Waals surface area contributed by atoms with Crippen LogP contribution in [0, 0.1) is 13.8 Å². The molecule has 1 atom stereocenters. The van der Waals surface area contributed by atoms with Crippen molar-refractivity contribution in [2.75, 3.05) is 0 Å². The highest BCUT2D eigenvalue weighted by molar-refractivity contribution is 7.99. The lowest BCUT2D eigenvalue weighted by atomic mass is 10.1. The zero-order valence-electron chi connectivity index (χ0n) is 13.4. The molecule has 120 valence electrons. The first-order valence-electron chi connectivity index (χ1n) is 7.60. The van der Waals surface area contributed by atoms with Crippen LogP contribution in [0.2, 0.25) is 0 Å². The summed E-state index contributed by atoms with van der Waals surface area (Å²) in [6.07, 6.45) is 1.03. The highest BCUT2D eigenvalue weighted by atomic mass is 32.2. The van der Waals surface area contributed by atoms with Crippen LogP contribution in [0.25, 0.3) is 0 Å². The van der Waals surface area contributed by atoms with E-state index >= 15 is 0 Å². The zero-order chi connectivity index (χ0) is 16.2. The number of hydrogen-bond acceptors (Lipinski definition) is 6. The third-order valence-electron chi connectivity index (χ3n) is 3.44. The normalized spacial score (nSPS) is 12.5. The summed E-state index contributed by atoms with van der Waals surface area (Å²) in [4.78, 5) is 4.41. The Hall–Kier alpha value is -2.15. The highest BCUT2D eigenvalue weighted by Gasteiger charge is 2.24. The van der Waals surface area contributed by atoms with E-state index in [-0.39, 0.29) is 5.25 Å². The molecular weight excluding hydrogens is 310 g/mol. The van der Waals surface area contributed by atoms with Crippen molar-refractivity contribution in [3.05, 3.63) is 53.4 Å². The molecule has 2 heterocycles. The monoisotopic (exact) mass is 329 g/mol. The molecule has 0 aliphatic carbocycles. The van der Waals surface area contributed by atoms with Crippen LogP contribution in [0.1, 0.15) is 41.7 Å². The maximum Gasteiger partial charge on any atom is 0.244 e. The second-order valence-electron chi connectivity index (χ2n) is 5.27. The van der Waals surface area contributed by atoms with Crippen LogP contribution < -0.4 is 0 Å². The summed E-state index contributed by atoms with van der Waals surface area (Å²) < 4.78 is 7.55. The molecule has 1 aromatic carbocycles. The van der Waals surface area contributed by atoms with E-state index in [0.717, 1.165) is 29.5 Å². The predicted octanol–water partition coefficient (Wildman–Crippen LogP) is 3.57. The van der Waals surface area contributed by atoms with Crippen molar-refractivity contribution in [3.63, 3.8) is 0 Å². The van der Waals surface area contributed by atoms with E-state index in [1.807, 2.05) is 32.0 Å². The van der Waals surface area contributed by atoms with E-state index in [0.29, 0.717) is 11.7 Å². The van der Waals surface area contributed by atoms with Crippen molar-refractivity contribution in [1.29, 1.82) is 0 Å². The number of thioether (sulfide) groups is 1. The van der Waals surface area contributed by atoms with Gasteiger partial charge in [0, 0.05) is 6.54 Å². The van der Waals surface area contributed by atoms with Gasteiger partial charge in [0.1, 0.15) is 11.1 Å². The molecule has 2 aromatic heterocycles. The van der Waals surface area contributed by atoms with Gasteiger partial charge in [-0.15, -0.1) is 10.2 Å². The van der Waals surface area contributed by atoms with Crippen molar-refractivity contribution in [2.24, 2.45) is 0 Å². The quantitative estimate of drug-likeness (QED) is 0.644. The Balaban J connectivity index is 1.97. The van der Waals surface area contributed by atoms with Crippen molar-refractivity contribution in [3.8, 4) is 0 Å². The highest BCUT2D eigenvalue weighted by Crippen LogP contribution is 2.39. The summed E-state index contributed by atoms with van der Waals surface area (Å²) in [5.74, 6) is 2.14. The third-order valence-corrected chi connectivity index (χ3v) is 4.66. The van der Waals surface area contributed by atoms with Gasteiger partial charge in [0.2, 0.25) is 5.89 Å². The fourth-order valence-corrected chi connectivity index (χ4v) is 3.48. The lowest BCUT2D eigenvalue weighted by molar-refractivity contribution is 0.379. The fraction of sp³-hybridized carbons (Fsp3) is 0.375. The van der Waals surface area contributed by atoms with Gasteiger partial charge in [0.05, 0.1) is 0 Å². The predicted molar refractivity (Wildman–Crippen MR) is 88.2 cm³/mol. The van der Waals surface area contributed by atoms with Gasteiger partial charge in [0.25, 0.3) is 0 Å². The van der Waals surface area contributed by atoms with E-state index in [2.05, 4.69) is 44.0 Å². The van der Waals surface area contributed by atoms with Crippen LogP contribution in [-0.4, -0.2) is 24.9 Å². The zero-order valence-corrected chi connectivity index (χ0v) is 14.2. The summed E-state index contributed by atoms with van der Waals surface area (Å²) in [5, 5.41) is 13.2. The topological polar surface area (TPSA) is 69.6 Å². The van der Waals surface area contributed by atoms with Gasteiger partial charge >= 0.3 is 0 Å². The molecule has 0 N–H and O–H groups in total. The Kier molecular flexibility index (Phi) is 4.76.